The number of piperidine rings is 1. The highest BCUT2D eigenvalue weighted by molar-refractivity contribution is 5.91. The van der Waals surface area contributed by atoms with Gasteiger partial charge >= 0.3 is 0 Å². The van der Waals surface area contributed by atoms with E-state index < -0.39 is 0 Å². The number of nitrogens with zero attached hydrogens (tertiary/aromatic N) is 6. The Morgan fingerprint density at radius 3 is 2.59 bits per heavy atom. The number of amides is 2. The van der Waals surface area contributed by atoms with Gasteiger partial charge in [-0.2, -0.15) is 0 Å². The fourth-order valence-electron chi connectivity index (χ4n) is 4.58. The molecule has 218 valence electrons. The normalized spacial score (nSPS) is 14.6. The fourth-order valence-corrected chi connectivity index (χ4v) is 4.58. The first kappa shape index (κ1) is 29.9. The minimum Gasteiger partial charge on any atom is -0.488 e. The molecule has 3 heterocycles. The van der Waals surface area contributed by atoms with Crippen molar-refractivity contribution in [1.29, 1.82) is 0 Å². The first-order chi connectivity index (χ1) is 19.5. The molecule has 0 radical (unpaired) electrons. The third-order valence-corrected chi connectivity index (χ3v) is 7.07. The summed E-state index contributed by atoms with van der Waals surface area (Å²) in [5.41, 5.74) is 4.09. The van der Waals surface area contributed by atoms with E-state index in [0.717, 1.165) is 47.4 Å². The number of aromatic nitrogens is 4. The Labute approximate surface area is 242 Å². The number of carbonyl (C=O) groups excluding carboxylic acids is 2. The van der Waals surface area contributed by atoms with Crippen LogP contribution in [0.2, 0.25) is 0 Å². The SMILES string of the molecule is Cc1cc(-c2ccncc2OC2CCN(C(=O)C=CCN(C)C)CC2)ccc1CNC(=O)c1cn(C(C)(C)C)nn1. The highest BCUT2D eigenvalue weighted by Crippen LogP contribution is 2.32. The van der Waals surface area contributed by atoms with Crippen molar-refractivity contribution in [2.75, 3.05) is 33.7 Å². The zero-order valence-electron chi connectivity index (χ0n) is 24.9. The Morgan fingerprint density at radius 1 is 1.17 bits per heavy atom. The number of likely N-dealkylation sites (N-methyl/N-ethyl adjacent to an activating group) is 1. The van der Waals surface area contributed by atoms with Gasteiger partial charge in [0.1, 0.15) is 11.9 Å². The maximum Gasteiger partial charge on any atom is 0.273 e. The Kier molecular flexibility index (Phi) is 9.54. The van der Waals surface area contributed by atoms with E-state index in [1.54, 1.807) is 29.3 Å². The van der Waals surface area contributed by atoms with E-state index in [9.17, 15) is 9.59 Å². The maximum atomic E-state index is 12.6. The number of ether oxygens (including phenoxy) is 1. The maximum absolute atomic E-state index is 12.6. The summed E-state index contributed by atoms with van der Waals surface area (Å²) in [5.74, 6) is 0.520. The van der Waals surface area contributed by atoms with Crippen LogP contribution in [0.3, 0.4) is 0 Å². The standard InChI is InChI=1S/C31H41N7O3/c1-22-18-23(9-10-24(22)19-33-30(40)27-21-38(35-34-27)31(2,3)4)26-11-14-32-20-28(26)41-25-12-16-37(17-13-25)29(39)8-7-15-36(5)6/h7-11,14,18,20-21,25H,12-13,15-17,19H2,1-6H3,(H,33,40). The van der Waals surface area contributed by atoms with E-state index in [1.807, 2.05) is 75.9 Å². The van der Waals surface area contributed by atoms with Gasteiger partial charge in [0.2, 0.25) is 5.91 Å². The van der Waals surface area contributed by atoms with Gasteiger partial charge in [-0.25, -0.2) is 4.68 Å². The summed E-state index contributed by atoms with van der Waals surface area (Å²) in [6.07, 6.45) is 10.3. The average molecular weight is 560 g/mol. The number of hydrogen-bond acceptors (Lipinski definition) is 7. The molecule has 10 heteroatoms. The van der Waals surface area contributed by atoms with Gasteiger partial charge in [0.15, 0.2) is 5.69 Å². The lowest BCUT2D eigenvalue weighted by atomic mass is 9.99. The molecule has 41 heavy (non-hydrogen) atoms. The van der Waals surface area contributed by atoms with Crippen molar-refractivity contribution in [3.05, 3.63) is 71.8 Å². The monoisotopic (exact) mass is 559 g/mol. The number of rotatable bonds is 9. The van der Waals surface area contributed by atoms with Gasteiger partial charge in [0, 0.05) is 56.9 Å². The van der Waals surface area contributed by atoms with Crippen LogP contribution in [0.25, 0.3) is 11.1 Å². The molecule has 0 spiro atoms. The van der Waals surface area contributed by atoms with Gasteiger partial charge < -0.3 is 19.9 Å². The van der Waals surface area contributed by atoms with Gasteiger partial charge in [-0.1, -0.05) is 29.5 Å². The van der Waals surface area contributed by atoms with Crippen LogP contribution in [0.1, 0.15) is 55.2 Å². The summed E-state index contributed by atoms with van der Waals surface area (Å²) in [7, 11) is 3.95. The van der Waals surface area contributed by atoms with Gasteiger partial charge in [0.25, 0.3) is 5.91 Å². The molecular formula is C31H41N7O3. The van der Waals surface area contributed by atoms with Crippen molar-refractivity contribution >= 4 is 11.8 Å². The molecule has 1 N–H and O–H groups in total. The van der Waals surface area contributed by atoms with Crippen LogP contribution < -0.4 is 10.1 Å². The number of benzene rings is 1. The van der Waals surface area contributed by atoms with Gasteiger partial charge in [0.05, 0.1) is 17.9 Å². The van der Waals surface area contributed by atoms with Crippen LogP contribution >= 0.6 is 0 Å². The van der Waals surface area contributed by atoms with Crippen molar-refractivity contribution in [2.45, 2.75) is 58.7 Å². The van der Waals surface area contributed by atoms with E-state index in [4.69, 9.17) is 4.74 Å². The Hall–Kier alpha value is -4.05. The summed E-state index contributed by atoms with van der Waals surface area (Å²) in [5, 5.41) is 11.0. The molecule has 0 unspecified atom stereocenters. The molecule has 2 aromatic heterocycles. The van der Waals surface area contributed by atoms with Crippen LogP contribution in [0, 0.1) is 6.92 Å². The molecule has 0 saturated carbocycles. The largest absolute Gasteiger partial charge is 0.488 e. The predicted octanol–water partition coefficient (Wildman–Crippen LogP) is 3.82. The smallest absolute Gasteiger partial charge is 0.273 e. The third kappa shape index (κ3) is 8.00. The van der Waals surface area contributed by atoms with Gasteiger partial charge in [-0.15, -0.1) is 5.10 Å². The second kappa shape index (κ2) is 13.1. The lowest BCUT2D eigenvalue weighted by molar-refractivity contribution is -0.127. The summed E-state index contributed by atoms with van der Waals surface area (Å²) in [6, 6.07) is 8.11. The molecule has 3 aromatic rings. The second-order valence-corrected chi connectivity index (χ2v) is 11.7. The Bertz CT molecular complexity index is 1380. The topological polar surface area (TPSA) is 105 Å². The molecule has 1 fully saturated rings. The number of carbonyl (C=O) groups is 2. The lowest BCUT2D eigenvalue weighted by Gasteiger charge is -2.32. The fraction of sp³-hybridized carbons (Fsp3) is 0.452. The number of aryl methyl sites for hydroxylation is 1. The quantitative estimate of drug-likeness (QED) is 0.398. The molecule has 0 aliphatic carbocycles. The zero-order chi connectivity index (χ0) is 29.6. The number of likely N-dealkylation sites (tertiary alicyclic amines) is 1. The molecule has 10 nitrogen and oxygen atoms in total. The third-order valence-electron chi connectivity index (χ3n) is 7.07. The minimum absolute atomic E-state index is 0.0135. The van der Waals surface area contributed by atoms with Crippen LogP contribution in [0.5, 0.6) is 5.75 Å². The van der Waals surface area contributed by atoms with Crippen molar-refractivity contribution in [1.82, 2.24) is 35.1 Å². The number of hydrogen-bond donors (Lipinski definition) is 1. The predicted molar refractivity (Wildman–Crippen MR) is 159 cm³/mol. The van der Waals surface area contributed by atoms with E-state index >= 15 is 0 Å². The second-order valence-electron chi connectivity index (χ2n) is 11.7. The van der Waals surface area contributed by atoms with Crippen LogP contribution in [-0.2, 0) is 16.9 Å². The number of nitrogens with one attached hydrogen (secondary N) is 1. The minimum atomic E-state index is -0.258. The number of pyridine rings is 1. The molecule has 1 aliphatic rings. The van der Waals surface area contributed by atoms with E-state index in [0.29, 0.717) is 25.3 Å². The summed E-state index contributed by atoms with van der Waals surface area (Å²) >= 11 is 0. The van der Waals surface area contributed by atoms with Crippen molar-refractivity contribution in [2.24, 2.45) is 0 Å². The molecule has 1 aliphatic heterocycles. The molecular weight excluding hydrogens is 518 g/mol. The van der Waals surface area contributed by atoms with E-state index in [2.05, 4.69) is 26.7 Å². The van der Waals surface area contributed by atoms with Crippen molar-refractivity contribution in [3.63, 3.8) is 0 Å². The summed E-state index contributed by atoms with van der Waals surface area (Å²) in [6.45, 7) is 10.5. The summed E-state index contributed by atoms with van der Waals surface area (Å²) < 4.78 is 8.09. The van der Waals surface area contributed by atoms with E-state index in [-0.39, 0.29) is 23.5 Å². The van der Waals surface area contributed by atoms with Crippen LogP contribution in [0.4, 0.5) is 0 Å². The summed E-state index contributed by atoms with van der Waals surface area (Å²) in [4.78, 5) is 33.3. The lowest BCUT2D eigenvalue weighted by Crippen LogP contribution is -2.41. The molecule has 1 aromatic carbocycles. The van der Waals surface area contributed by atoms with Crippen LogP contribution in [-0.4, -0.2) is 81.4 Å². The average Bonchev–Trinajstić information content (AvgIpc) is 3.44. The van der Waals surface area contributed by atoms with Crippen molar-refractivity contribution < 1.29 is 14.3 Å². The van der Waals surface area contributed by atoms with Gasteiger partial charge in [-0.3, -0.25) is 14.6 Å². The molecule has 2 amide bonds. The zero-order valence-corrected chi connectivity index (χ0v) is 24.9. The highest BCUT2D eigenvalue weighted by atomic mass is 16.5. The highest BCUT2D eigenvalue weighted by Gasteiger charge is 2.24. The first-order valence-electron chi connectivity index (χ1n) is 14.0. The Balaban J connectivity index is 1.36. The van der Waals surface area contributed by atoms with Crippen LogP contribution in [0.15, 0.2) is 55.0 Å². The Morgan fingerprint density at radius 2 is 1.93 bits per heavy atom. The first-order valence-corrected chi connectivity index (χ1v) is 14.0. The molecule has 1 saturated heterocycles. The van der Waals surface area contributed by atoms with Crippen molar-refractivity contribution in [3.8, 4) is 16.9 Å². The molecule has 0 atom stereocenters. The van der Waals surface area contributed by atoms with E-state index in [1.165, 1.54) is 0 Å². The molecule has 4 rings (SSSR count). The molecule has 0 bridgehead atoms. The van der Waals surface area contributed by atoms with Gasteiger partial charge in [-0.05, 0) is 64.5 Å².